The molecule has 0 bridgehead atoms. The van der Waals surface area contributed by atoms with Crippen molar-refractivity contribution in [2.24, 2.45) is 11.7 Å². The number of hydrogen-bond acceptors (Lipinski definition) is 8. The van der Waals surface area contributed by atoms with E-state index in [1.54, 1.807) is 0 Å². The van der Waals surface area contributed by atoms with Gasteiger partial charge in [-0.1, -0.05) is 5.16 Å². The predicted molar refractivity (Wildman–Crippen MR) is 91.1 cm³/mol. The van der Waals surface area contributed by atoms with Crippen LogP contribution < -0.4 is 11.1 Å². The van der Waals surface area contributed by atoms with E-state index in [0.717, 1.165) is 25.9 Å². The Balaban J connectivity index is 0.00000105. The van der Waals surface area contributed by atoms with E-state index in [4.69, 9.17) is 15.6 Å². The van der Waals surface area contributed by atoms with Crippen LogP contribution in [0.1, 0.15) is 29.4 Å². The highest BCUT2D eigenvalue weighted by molar-refractivity contribution is 5.87. The summed E-state index contributed by atoms with van der Waals surface area (Å²) in [6.45, 7) is 1.53. The molecule has 26 heavy (non-hydrogen) atoms. The van der Waals surface area contributed by atoms with E-state index in [2.05, 4.69) is 43.9 Å². The molecule has 1 aliphatic heterocycles. The molecule has 2 heterocycles. The molecule has 1 aliphatic rings. The van der Waals surface area contributed by atoms with Gasteiger partial charge in [-0.2, -0.15) is 4.98 Å². The Morgan fingerprint density at radius 1 is 1.42 bits per heavy atom. The third kappa shape index (κ3) is 6.76. The predicted octanol–water partition coefficient (Wildman–Crippen LogP) is -1.24. The van der Waals surface area contributed by atoms with Crippen molar-refractivity contribution in [3.05, 3.63) is 11.7 Å². The third-order valence-electron chi connectivity index (χ3n) is 4.10. The van der Waals surface area contributed by atoms with Gasteiger partial charge in [0.15, 0.2) is 5.82 Å². The van der Waals surface area contributed by atoms with Crippen molar-refractivity contribution in [1.82, 2.24) is 25.3 Å². The van der Waals surface area contributed by atoms with Crippen LogP contribution in [0.25, 0.3) is 0 Å². The number of nitrogens with two attached hydrogens (primary N) is 1. The maximum atomic E-state index is 12.4. The number of nitrogens with one attached hydrogen (secondary N) is 1. The Bertz CT molecular complexity index is 605. The number of likely N-dealkylation sites (N-methyl/N-ethyl adjacent to an activating group) is 2. The molecule has 146 valence electrons. The van der Waals surface area contributed by atoms with E-state index >= 15 is 0 Å². The quantitative estimate of drug-likeness (QED) is 0.539. The number of primary amides is 1. The molecule has 0 radical (unpaired) electrons. The maximum Gasteiger partial charge on any atom is 0.315 e. The van der Waals surface area contributed by atoms with E-state index in [1.165, 1.54) is 0 Å². The standard InChI is InChI=1S/C14H24N6O3.CH2O2/c1-19(2)10-5-4-9(7-20(3)8-10)13(22)16-6-11-17-14(12(15)21)23-18-11;2-1-3/h9-10H,4-8H2,1-3H3,(H2,15,21)(H,16,22);1H,(H,2,3)/t9-,10+;/m1./s1. The number of carbonyl (C=O) groups is 3. The summed E-state index contributed by atoms with van der Waals surface area (Å²) in [6.07, 6.45) is 1.81. The molecule has 0 aromatic carbocycles. The van der Waals surface area contributed by atoms with Crippen molar-refractivity contribution in [3.8, 4) is 0 Å². The minimum absolute atomic E-state index is 0.0401. The summed E-state index contributed by atoms with van der Waals surface area (Å²) in [5.74, 6) is -0.915. The highest BCUT2D eigenvalue weighted by Crippen LogP contribution is 2.18. The summed E-state index contributed by atoms with van der Waals surface area (Å²) in [5.41, 5.74) is 5.04. The lowest BCUT2D eigenvalue weighted by Crippen LogP contribution is -2.39. The van der Waals surface area contributed by atoms with Crippen LogP contribution in [0.15, 0.2) is 4.52 Å². The molecule has 11 heteroatoms. The van der Waals surface area contributed by atoms with Gasteiger partial charge in [0, 0.05) is 19.1 Å². The largest absolute Gasteiger partial charge is 0.483 e. The van der Waals surface area contributed by atoms with Crippen LogP contribution in [0.4, 0.5) is 0 Å². The van der Waals surface area contributed by atoms with Gasteiger partial charge in [-0.05, 0) is 34.0 Å². The van der Waals surface area contributed by atoms with Gasteiger partial charge in [-0.3, -0.25) is 14.4 Å². The molecule has 1 fully saturated rings. The second kappa shape index (κ2) is 10.5. The molecule has 2 rings (SSSR count). The molecule has 0 saturated carbocycles. The van der Waals surface area contributed by atoms with Gasteiger partial charge >= 0.3 is 11.8 Å². The van der Waals surface area contributed by atoms with Crippen LogP contribution in [0.2, 0.25) is 0 Å². The summed E-state index contributed by atoms with van der Waals surface area (Å²) in [6, 6.07) is 0.452. The van der Waals surface area contributed by atoms with Gasteiger partial charge < -0.3 is 30.5 Å². The summed E-state index contributed by atoms with van der Waals surface area (Å²) in [4.78, 5) is 39.8. The Morgan fingerprint density at radius 3 is 2.62 bits per heavy atom. The third-order valence-corrected chi connectivity index (χ3v) is 4.10. The monoisotopic (exact) mass is 370 g/mol. The number of rotatable bonds is 5. The molecular formula is C15H26N6O5. The van der Waals surface area contributed by atoms with Gasteiger partial charge in [0.1, 0.15) is 0 Å². The minimum atomic E-state index is -0.782. The highest BCUT2D eigenvalue weighted by atomic mass is 16.5. The van der Waals surface area contributed by atoms with E-state index in [9.17, 15) is 9.59 Å². The summed E-state index contributed by atoms with van der Waals surface area (Å²) < 4.78 is 4.68. The van der Waals surface area contributed by atoms with E-state index in [-0.39, 0.29) is 36.6 Å². The van der Waals surface area contributed by atoms with E-state index in [1.807, 2.05) is 7.05 Å². The van der Waals surface area contributed by atoms with Crippen molar-refractivity contribution < 1.29 is 24.0 Å². The average Bonchev–Trinajstić information content (AvgIpc) is 2.96. The van der Waals surface area contributed by atoms with Crippen LogP contribution in [-0.2, 0) is 16.1 Å². The molecule has 4 N–H and O–H groups in total. The molecule has 0 aliphatic carbocycles. The molecule has 1 saturated heterocycles. The number of carboxylic acid groups (broad SMARTS) is 1. The molecule has 11 nitrogen and oxygen atoms in total. The number of likely N-dealkylation sites (tertiary alicyclic amines) is 1. The molecule has 1 aromatic heterocycles. The van der Waals surface area contributed by atoms with Crippen LogP contribution in [0.5, 0.6) is 0 Å². The first-order valence-electron chi connectivity index (χ1n) is 8.11. The Labute approximate surface area is 151 Å². The van der Waals surface area contributed by atoms with Crippen molar-refractivity contribution in [3.63, 3.8) is 0 Å². The zero-order valence-corrected chi connectivity index (χ0v) is 15.2. The fourth-order valence-corrected chi connectivity index (χ4v) is 2.76. The fourth-order valence-electron chi connectivity index (χ4n) is 2.76. The fraction of sp³-hybridized carbons (Fsp3) is 0.667. The van der Waals surface area contributed by atoms with E-state index < -0.39 is 5.91 Å². The summed E-state index contributed by atoms with van der Waals surface area (Å²) >= 11 is 0. The van der Waals surface area contributed by atoms with Gasteiger partial charge in [0.05, 0.1) is 12.5 Å². The molecule has 2 amide bonds. The molecule has 0 spiro atoms. The van der Waals surface area contributed by atoms with Gasteiger partial charge in [-0.15, -0.1) is 0 Å². The van der Waals surface area contributed by atoms with Crippen molar-refractivity contribution in [2.45, 2.75) is 25.4 Å². The summed E-state index contributed by atoms with van der Waals surface area (Å²) in [5, 5.41) is 13.3. The minimum Gasteiger partial charge on any atom is -0.483 e. The zero-order chi connectivity index (χ0) is 19.7. The van der Waals surface area contributed by atoms with Crippen LogP contribution in [0, 0.1) is 5.92 Å². The zero-order valence-electron chi connectivity index (χ0n) is 15.2. The van der Waals surface area contributed by atoms with Crippen LogP contribution in [0.3, 0.4) is 0 Å². The lowest BCUT2D eigenvalue weighted by molar-refractivity contribution is -0.126. The maximum absolute atomic E-state index is 12.4. The number of amides is 2. The number of aromatic nitrogens is 2. The topological polar surface area (TPSA) is 155 Å². The van der Waals surface area contributed by atoms with Gasteiger partial charge in [-0.25, -0.2) is 0 Å². The smallest absolute Gasteiger partial charge is 0.315 e. The van der Waals surface area contributed by atoms with Crippen LogP contribution >= 0.6 is 0 Å². The SMILES string of the molecule is CN1C[C@H](C(=O)NCc2noc(C(N)=O)n2)CC[C@H](N(C)C)C1.O=CO. The second-order valence-corrected chi connectivity index (χ2v) is 6.32. The van der Waals surface area contributed by atoms with Gasteiger partial charge in [0.2, 0.25) is 5.91 Å². The number of nitrogens with zero attached hydrogens (tertiary/aromatic N) is 4. The Hall–Kier alpha value is -2.53. The Morgan fingerprint density at radius 2 is 2.08 bits per heavy atom. The van der Waals surface area contributed by atoms with E-state index in [0.29, 0.717) is 6.04 Å². The normalized spacial score (nSPS) is 20.6. The molecule has 1 aromatic rings. The first kappa shape index (κ1) is 21.5. The first-order chi connectivity index (χ1) is 12.3. The lowest BCUT2D eigenvalue weighted by Gasteiger charge is -2.25. The molecule has 2 atom stereocenters. The molecular weight excluding hydrogens is 344 g/mol. The molecule has 0 unspecified atom stereocenters. The van der Waals surface area contributed by atoms with Crippen LogP contribution in [-0.4, -0.2) is 83.6 Å². The Kier molecular flexibility index (Phi) is 8.65. The average molecular weight is 370 g/mol. The van der Waals surface area contributed by atoms with Crippen molar-refractivity contribution in [1.29, 1.82) is 0 Å². The second-order valence-electron chi connectivity index (χ2n) is 6.32. The van der Waals surface area contributed by atoms with Crippen molar-refractivity contribution in [2.75, 3.05) is 34.2 Å². The van der Waals surface area contributed by atoms with Gasteiger partial charge in [0.25, 0.3) is 6.47 Å². The summed E-state index contributed by atoms with van der Waals surface area (Å²) in [7, 11) is 6.15. The first-order valence-corrected chi connectivity index (χ1v) is 8.11. The number of carbonyl (C=O) groups excluding carboxylic acids is 2. The highest BCUT2D eigenvalue weighted by Gasteiger charge is 2.27. The lowest BCUT2D eigenvalue weighted by atomic mass is 10.0. The van der Waals surface area contributed by atoms with Crippen molar-refractivity contribution >= 4 is 18.3 Å². The number of hydrogen-bond donors (Lipinski definition) is 3.